The van der Waals surface area contributed by atoms with Gasteiger partial charge in [0.15, 0.2) is 5.65 Å². The fourth-order valence-electron chi connectivity index (χ4n) is 3.08. The second kappa shape index (κ2) is 8.07. The van der Waals surface area contributed by atoms with Gasteiger partial charge in [-0.1, -0.05) is 17.3 Å². The number of benzene rings is 1. The number of anilines is 1. The molecule has 10 nitrogen and oxygen atoms in total. The lowest BCUT2D eigenvalue weighted by atomic mass is 10.1. The van der Waals surface area contributed by atoms with E-state index in [1.165, 1.54) is 0 Å². The van der Waals surface area contributed by atoms with Crippen molar-refractivity contribution in [3.05, 3.63) is 65.0 Å². The molecule has 0 saturated carbocycles. The van der Waals surface area contributed by atoms with Crippen LogP contribution in [-0.2, 0) is 13.0 Å². The first-order chi connectivity index (χ1) is 14.1. The zero-order valence-electron chi connectivity index (χ0n) is 15.5. The van der Waals surface area contributed by atoms with Gasteiger partial charge in [0.2, 0.25) is 0 Å². The number of nitrogens with zero attached hydrogens (tertiary/aromatic N) is 5. The number of pyridine rings is 1. The molecule has 3 aromatic heterocycles. The Hall–Kier alpha value is -3.79. The van der Waals surface area contributed by atoms with Crippen LogP contribution in [0.5, 0.6) is 0 Å². The number of aliphatic hydroxyl groups is 1. The van der Waals surface area contributed by atoms with Gasteiger partial charge >= 0.3 is 0 Å². The van der Waals surface area contributed by atoms with Crippen molar-refractivity contribution in [2.24, 2.45) is 0 Å². The Balaban J connectivity index is 1.44. The third kappa shape index (κ3) is 4.22. The minimum atomic E-state index is -0.206. The molecule has 10 heteroatoms. The number of aliphatic hydroxyl groups excluding tert-OH is 1. The molecule has 148 valence electrons. The number of nitrogens with two attached hydrogens (primary N) is 1. The number of aromatic nitrogens is 6. The summed E-state index contributed by atoms with van der Waals surface area (Å²) >= 11 is 0. The van der Waals surface area contributed by atoms with Crippen LogP contribution < -0.4 is 11.1 Å². The topological polar surface area (TPSA) is 148 Å². The predicted octanol–water partition coefficient (Wildman–Crippen LogP) is 0.493. The van der Waals surface area contributed by atoms with Gasteiger partial charge in [-0.3, -0.25) is 9.48 Å². The van der Waals surface area contributed by atoms with Crippen LogP contribution in [0, 0.1) is 0 Å². The molecule has 0 spiro atoms. The number of hydrogen-bond acceptors (Lipinski definition) is 7. The molecule has 4 rings (SSSR count). The van der Waals surface area contributed by atoms with Crippen molar-refractivity contribution in [3.63, 3.8) is 0 Å². The van der Waals surface area contributed by atoms with Gasteiger partial charge in [0, 0.05) is 24.7 Å². The molecule has 5 N–H and O–H groups in total. The van der Waals surface area contributed by atoms with Crippen molar-refractivity contribution in [2.75, 3.05) is 18.9 Å². The normalized spacial score (nSPS) is 11.1. The Morgan fingerprint density at radius 1 is 1.24 bits per heavy atom. The van der Waals surface area contributed by atoms with Crippen LogP contribution in [0.4, 0.5) is 5.82 Å². The van der Waals surface area contributed by atoms with Crippen molar-refractivity contribution < 1.29 is 9.90 Å². The standard InChI is InChI=1S/C19H20N8O2/c20-16-8-15(17-18(23-16)25-26-24-17)7-13-9-22-27(11-13)10-12-1-3-14(4-2-12)19(29)21-5-6-28/h1-4,8-9,11,28H,5-7,10H2,(H,21,29)(H3,20,23,24,25,26). The van der Waals surface area contributed by atoms with Crippen LogP contribution in [0.15, 0.2) is 42.7 Å². The molecule has 3 heterocycles. The van der Waals surface area contributed by atoms with Gasteiger partial charge in [-0.2, -0.15) is 5.10 Å². The first-order valence-electron chi connectivity index (χ1n) is 9.08. The summed E-state index contributed by atoms with van der Waals surface area (Å²) in [5, 5.41) is 26.4. The van der Waals surface area contributed by atoms with E-state index >= 15 is 0 Å². The smallest absolute Gasteiger partial charge is 0.251 e. The molecule has 1 aromatic carbocycles. The molecule has 1 amide bonds. The number of nitrogens with one attached hydrogen (secondary N) is 2. The maximum atomic E-state index is 11.9. The summed E-state index contributed by atoms with van der Waals surface area (Å²) < 4.78 is 1.83. The molecule has 0 fully saturated rings. The summed E-state index contributed by atoms with van der Waals surface area (Å²) in [6.07, 6.45) is 4.38. The van der Waals surface area contributed by atoms with Crippen LogP contribution >= 0.6 is 0 Å². The Morgan fingerprint density at radius 3 is 2.86 bits per heavy atom. The molecule has 0 saturated heterocycles. The van der Waals surface area contributed by atoms with Crippen molar-refractivity contribution in [2.45, 2.75) is 13.0 Å². The third-order valence-electron chi connectivity index (χ3n) is 4.44. The molecule has 4 aromatic rings. The second-order valence-electron chi connectivity index (χ2n) is 6.61. The Morgan fingerprint density at radius 2 is 2.07 bits per heavy atom. The minimum Gasteiger partial charge on any atom is -0.395 e. The molecule has 0 unspecified atom stereocenters. The van der Waals surface area contributed by atoms with Gasteiger partial charge in [0.1, 0.15) is 11.3 Å². The summed E-state index contributed by atoms with van der Waals surface area (Å²) in [6.45, 7) is 0.733. The number of carbonyl (C=O) groups excluding carboxylic acids is 1. The summed E-state index contributed by atoms with van der Waals surface area (Å²) in [6, 6.07) is 9.08. The SMILES string of the molecule is Nc1cc(Cc2cnn(Cc3ccc(C(=O)NCCO)cc3)c2)c2nn[nH]c2n1. The Labute approximate surface area is 165 Å². The summed E-state index contributed by atoms with van der Waals surface area (Å²) in [4.78, 5) is 16.1. The van der Waals surface area contributed by atoms with Crippen LogP contribution in [0.25, 0.3) is 11.2 Å². The van der Waals surface area contributed by atoms with E-state index in [1.54, 1.807) is 24.4 Å². The van der Waals surface area contributed by atoms with Crippen molar-refractivity contribution in [3.8, 4) is 0 Å². The van der Waals surface area contributed by atoms with Crippen molar-refractivity contribution in [1.82, 2.24) is 35.5 Å². The first-order valence-corrected chi connectivity index (χ1v) is 9.08. The number of H-pyrrole nitrogens is 1. The monoisotopic (exact) mass is 392 g/mol. The lowest BCUT2D eigenvalue weighted by Crippen LogP contribution is -2.26. The number of hydrogen-bond donors (Lipinski definition) is 4. The molecular weight excluding hydrogens is 372 g/mol. The highest BCUT2D eigenvalue weighted by Crippen LogP contribution is 2.19. The number of carbonyl (C=O) groups is 1. The highest BCUT2D eigenvalue weighted by atomic mass is 16.3. The maximum Gasteiger partial charge on any atom is 0.251 e. The average Bonchev–Trinajstić information content (AvgIpc) is 3.36. The summed E-state index contributed by atoms with van der Waals surface area (Å²) in [5.41, 5.74) is 10.6. The highest BCUT2D eigenvalue weighted by molar-refractivity contribution is 5.94. The molecule has 0 radical (unpaired) electrons. The van der Waals surface area contributed by atoms with Gasteiger partial charge in [-0.25, -0.2) is 10.1 Å². The summed E-state index contributed by atoms with van der Waals surface area (Å²) in [5.74, 6) is 0.205. The minimum absolute atomic E-state index is 0.0836. The van der Waals surface area contributed by atoms with Gasteiger partial charge in [0.05, 0.1) is 19.3 Å². The van der Waals surface area contributed by atoms with E-state index in [0.717, 1.165) is 16.7 Å². The molecular formula is C19H20N8O2. The zero-order chi connectivity index (χ0) is 20.2. The average molecular weight is 392 g/mol. The van der Waals surface area contributed by atoms with Crippen LogP contribution in [0.3, 0.4) is 0 Å². The van der Waals surface area contributed by atoms with Crippen molar-refractivity contribution >= 4 is 22.9 Å². The second-order valence-corrected chi connectivity index (χ2v) is 6.61. The number of nitrogen functional groups attached to an aromatic ring is 1. The molecule has 0 aliphatic rings. The van der Waals surface area contributed by atoms with E-state index in [4.69, 9.17) is 10.8 Å². The Kier molecular flexibility index (Phi) is 5.16. The lowest BCUT2D eigenvalue weighted by Gasteiger charge is -2.05. The maximum absolute atomic E-state index is 11.9. The molecule has 29 heavy (non-hydrogen) atoms. The first kappa shape index (κ1) is 18.6. The van der Waals surface area contributed by atoms with E-state index in [0.29, 0.717) is 35.5 Å². The van der Waals surface area contributed by atoms with Gasteiger partial charge < -0.3 is 16.2 Å². The van der Waals surface area contributed by atoms with Crippen LogP contribution in [0.2, 0.25) is 0 Å². The number of fused-ring (bicyclic) bond motifs is 1. The van der Waals surface area contributed by atoms with Crippen LogP contribution in [-0.4, -0.2) is 54.3 Å². The predicted molar refractivity (Wildman–Crippen MR) is 106 cm³/mol. The summed E-state index contributed by atoms with van der Waals surface area (Å²) in [7, 11) is 0. The highest BCUT2D eigenvalue weighted by Gasteiger charge is 2.10. The van der Waals surface area contributed by atoms with Gasteiger partial charge in [-0.05, 0) is 34.9 Å². The number of amides is 1. The fourth-order valence-corrected chi connectivity index (χ4v) is 3.08. The largest absolute Gasteiger partial charge is 0.395 e. The van der Waals surface area contributed by atoms with E-state index in [2.05, 4.69) is 30.8 Å². The van der Waals surface area contributed by atoms with Gasteiger partial charge in [0.25, 0.3) is 5.91 Å². The third-order valence-corrected chi connectivity index (χ3v) is 4.44. The zero-order valence-corrected chi connectivity index (χ0v) is 15.5. The van der Waals surface area contributed by atoms with E-state index in [9.17, 15) is 4.79 Å². The van der Waals surface area contributed by atoms with E-state index in [1.807, 2.05) is 23.0 Å². The molecule has 0 aliphatic heterocycles. The van der Waals surface area contributed by atoms with E-state index in [-0.39, 0.29) is 19.1 Å². The van der Waals surface area contributed by atoms with Crippen molar-refractivity contribution in [1.29, 1.82) is 0 Å². The van der Waals surface area contributed by atoms with Gasteiger partial charge in [-0.15, -0.1) is 5.10 Å². The Bertz CT molecular complexity index is 1130. The molecule has 0 aliphatic carbocycles. The molecule has 0 bridgehead atoms. The number of aromatic amines is 1. The number of rotatable bonds is 7. The van der Waals surface area contributed by atoms with Crippen LogP contribution in [0.1, 0.15) is 27.0 Å². The lowest BCUT2D eigenvalue weighted by molar-refractivity contribution is 0.0945. The fraction of sp³-hybridized carbons (Fsp3) is 0.211. The molecule has 0 atom stereocenters. The van der Waals surface area contributed by atoms with E-state index < -0.39 is 0 Å². The quantitative estimate of drug-likeness (QED) is 0.358.